The molecule has 0 aromatic rings. The maximum Gasteiger partial charge on any atom is 0.308 e. The third kappa shape index (κ3) is 1.18. The predicted octanol–water partition coefficient (Wildman–Crippen LogP) is 2.38. The highest BCUT2D eigenvalue weighted by molar-refractivity contribution is 5.72. The van der Waals surface area contributed by atoms with E-state index in [0.29, 0.717) is 6.42 Å². The lowest BCUT2D eigenvalue weighted by atomic mass is 9.76. The molecule has 0 aliphatic heterocycles. The van der Waals surface area contributed by atoms with Crippen LogP contribution >= 0.6 is 0 Å². The minimum absolute atomic E-state index is 0.0984. The van der Waals surface area contributed by atoms with Crippen molar-refractivity contribution in [2.24, 2.45) is 16.7 Å². The fraction of sp³-hybridized carbons (Fsp3) is 0.909. The molecule has 74 valence electrons. The second-order valence-corrected chi connectivity index (χ2v) is 4.44. The smallest absolute Gasteiger partial charge is 0.308 e. The molecule has 2 saturated carbocycles. The lowest BCUT2D eigenvalue weighted by Crippen LogP contribution is -2.27. The maximum atomic E-state index is 11.7. The summed E-state index contributed by atoms with van der Waals surface area (Å²) in [6, 6.07) is 0. The second-order valence-electron chi connectivity index (χ2n) is 4.44. The maximum absolute atomic E-state index is 11.7. The average molecular weight is 186 g/mol. The molecule has 0 radical (unpaired) electrons. The third-order valence-corrected chi connectivity index (χ3v) is 3.47. The van der Waals surface area contributed by atoms with Crippen molar-refractivity contribution in [2.45, 2.75) is 39.4 Å². The van der Waals surface area contributed by atoms with Crippen LogP contribution < -0.4 is 0 Å². The van der Waals surface area contributed by atoms with Crippen molar-refractivity contribution in [3.8, 4) is 0 Å². The largest absolute Gasteiger partial charge is 0.469 e. The molecule has 0 N–H and O–H groups in total. The van der Waals surface area contributed by atoms with E-state index in [9.17, 15) is 4.79 Å². The van der Waals surface area contributed by atoms with Gasteiger partial charge in [0, 0.05) is 5.48 Å². The molecule has 2 aliphatic carbocycles. The molecule has 0 aromatic heterocycles. The van der Waals surface area contributed by atoms with E-state index in [0.717, 1.165) is 0 Å². The average Bonchev–Trinajstić information content (AvgIpc) is 2.80. The molecule has 0 heterocycles. The molecule has 2 nitrogen and oxygen atoms in total. The Morgan fingerprint density at radius 2 is 2.23 bits per heavy atom. The van der Waals surface area contributed by atoms with Gasteiger partial charge in [-0.05, 0) is 36.4 Å². The first kappa shape index (κ1) is 5.38. The van der Waals surface area contributed by atoms with Gasteiger partial charge in [0.1, 0.15) is 0 Å². The Balaban J connectivity index is 2.44. The van der Waals surface area contributed by atoms with Gasteiger partial charge in [0.2, 0.25) is 0 Å². The molecule has 0 spiro atoms. The number of methoxy groups -OCH3 is 1. The fourth-order valence-electron chi connectivity index (χ4n) is 2.18. The Morgan fingerprint density at radius 1 is 1.54 bits per heavy atom. The summed E-state index contributed by atoms with van der Waals surface area (Å²) >= 11 is 0. The third-order valence-electron chi connectivity index (χ3n) is 3.47. The Morgan fingerprint density at radius 3 is 2.85 bits per heavy atom. The van der Waals surface area contributed by atoms with Crippen LogP contribution in [0, 0.1) is 16.7 Å². The first-order valence-corrected chi connectivity index (χ1v) is 4.61. The van der Waals surface area contributed by atoms with Gasteiger partial charge in [-0.1, -0.05) is 13.8 Å². The molecular weight excluding hydrogens is 164 g/mol. The second kappa shape index (κ2) is 2.49. The molecular formula is C11H18O2. The molecule has 0 saturated heterocycles. The van der Waals surface area contributed by atoms with Crippen molar-refractivity contribution >= 4 is 5.97 Å². The molecule has 0 amide bonds. The number of carbonyl (C=O) groups excluding carboxylic acids is 1. The van der Waals surface area contributed by atoms with Crippen LogP contribution in [0.1, 0.15) is 44.9 Å². The van der Waals surface area contributed by atoms with Crippen LogP contribution in [0.5, 0.6) is 0 Å². The van der Waals surface area contributed by atoms with Crippen molar-refractivity contribution in [3.63, 3.8) is 0 Å². The van der Waals surface area contributed by atoms with Crippen molar-refractivity contribution in [3.05, 3.63) is 0 Å². The SMILES string of the molecule is [2H]C1([2H])[C@H](C(=O)OC)CC([2H])([2H])[C@@]2(C)C[C@@]12C. The molecule has 13 heavy (non-hydrogen) atoms. The van der Waals surface area contributed by atoms with Crippen LogP contribution in [0.4, 0.5) is 0 Å². The summed E-state index contributed by atoms with van der Waals surface area (Å²) in [6.07, 6.45) is -2.85. The van der Waals surface area contributed by atoms with Crippen LogP contribution in [0.2, 0.25) is 0 Å². The molecule has 2 rings (SSSR count). The number of rotatable bonds is 1. The highest BCUT2D eigenvalue weighted by Gasteiger charge is 2.63. The summed E-state index contributed by atoms with van der Waals surface area (Å²) in [4.78, 5) is 11.7. The van der Waals surface area contributed by atoms with Crippen molar-refractivity contribution in [2.75, 3.05) is 7.11 Å². The molecule has 2 heteroatoms. The monoisotopic (exact) mass is 186 g/mol. The van der Waals surface area contributed by atoms with Crippen molar-refractivity contribution < 1.29 is 15.0 Å². The van der Waals surface area contributed by atoms with E-state index in [-0.39, 0.29) is 6.42 Å². The van der Waals surface area contributed by atoms with Gasteiger partial charge >= 0.3 is 5.97 Å². The molecule has 0 bridgehead atoms. The van der Waals surface area contributed by atoms with Crippen LogP contribution in [-0.4, -0.2) is 13.1 Å². The summed E-state index contributed by atoms with van der Waals surface area (Å²) in [5.41, 5.74) is -1.45. The number of hydrogen-bond acceptors (Lipinski definition) is 2. The van der Waals surface area contributed by atoms with E-state index < -0.39 is 35.5 Å². The van der Waals surface area contributed by atoms with Gasteiger partial charge in [0.05, 0.1) is 13.0 Å². The lowest BCUT2D eigenvalue weighted by Gasteiger charge is -2.29. The van der Waals surface area contributed by atoms with Crippen LogP contribution in [0.15, 0.2) is 0 Å². The van der Waals surface area contributed by atoms with Gasteiger partial charge < -0.3 is 4.74 Å². The molecule has 2 fully saturated rings. The minimum Gasteiger partial charge on any atom is -0.469 e. The van der Waals surface area contributed by atoms with E-state index in [1.54, 1.807) is 13.8 Å². The predicted molar refractivity (Wildman–Crippen MR) is 50.2 cm³/mol. The number of hydrogen-bond donors (Lipinski definition) is 0. The highest BCUT2D eigenvalue weighted by atomic mass is 16.5. The zero-order chi connectivity index (χ0) is 13.3. The summed E-state index contributed by atoms with van der Waals surface area (Å²) in [6.45, 7) is 3.51. The first-order chi connectivity index (χ1) is 7.53. The zero-order valence-electron chi connectivity index (χ0n) is 12.3. The van der Waals surface area contributed by atoms with Gasteiger partial charge in [-0.3, -0.25) is 4.79 Å². The normalized spacial score (nSPS) is 60.4. The number of ether oxygens (including phenoxy) is 1. The molecule has 0 aromatic carbocycles. The van der Waals surface area contributed by atoms with E-state index in [2.05, 4.69) is 4.74 Å². The zero-order valence-corrected chi connectivity index (χ0v) is 8.31. The van der Waals surface area contributed by atoms with Crippen molar-refractivity contribution in [1.82, 2.24) is 0 Å². The Kier molecular flexibility index (Phi) is 1.03. The Hall–Kier alpha value is -0.530. The molecule has 2 aliphatic rings. The van der Waals surface area contributed by atoms with Gasteiger partial charge in [-0.25, -0.2) is 0 Å². The van der Waals surface area contributed by atoms with Gasteiger partial charge in [0.25, 0.3) is 0 Å². The van der Waals surface area contributed by atoms with E-state index in [1.165, 1.54) is 7.11 Å². The topological polar surface area (TPSA) is 26.3 Å². The minimum atomic E-state index is -1.71. The van der Waals surface area contributed by atoms with E-state index in [1.807, 2.05) is 0 Å². The van der Waals surface area contributed by atoms with Gasteiger partial charge in [-0.15, -0.1) is 0 Å². The van der Waals surface area contributed by atoms with Crippen LogP contribution in [0.3, 0.4) is 0 Å². The molecule has 0 unspecified atom stereocenters. The first-order valence-electron chi connectivity index (χ1n) is 6.61. The van der Waals surface area contributed by atoms with Crippen LogP contribution in [0.25, 0.3) is 0 Å². The number of fused-ring (bicyclic) bond motifs is 1. The van der Waals surface area contributed by atoms with Crippen LogP contribution in [-0.2, 0) is 9.53 Å². The standard InChI is InChI=1S/C11H18O2/c1-10-5-4-8(9(12)13-3)6-11(10,2)7-10/h8H,4-7H2,1-3H3/t8-,10+,11-/m1/s1/i5D2,6D2. The Bertz CT molecular complexity index is 382. The Labute approximate surface area is 85.3 Å². The van der Waals surface area contributed by atoms with Gasteiger partial charge in [-0.2, -0.15) is 0 Å². The van der Waals surface area contributed by atoms with E-state index >= 15 is 0 Å². The summed E-state index contributed by atoms with van der Waals surface area (Å²) in [5.74, 6) is -1.66. The van der Waals surface area contributed by atoms with Crippen molar-refractivity contribution in [1.29, 1.82) is 0 Å². The fourth-order valence-corrected chi connectivity index (χ4v) is 2.18. The summed E-state index contributed by atoms with van der Waals surface area (Å²) in [7, 11) is 1.22. The number of carbonyl (C=O) groups is 1. The molecule has 3 atom stereocenters. The summed E-state index contributed by atoms with van der Waals surface area (Å²) in [5, 5.41) is 0. The summed E-state index contributed by atoms with van der Waals surface area (Å²) < 4.78 is 37.1. The lowest BCUT2D eigenvalue weighted by molar-refractivity contribution is -0.147. The quantitative estimate of drug-likeness (QED) is 0.588. The van der Waals surface area contributed by atoms with Gasteiger partial charge in [0.15, 0.2) is 0 Å². The van der Waals surface area contributed by atoms with E-state index in [4.69, 9.17) is 5.48 Å². The highest BCUT2D eigenvalue weighted by Crippen LogP contribution is 2.71. The number of esters is 1.